The minimum absolute atomic E-state index is 0.0963. The molecule has 32 heavy (non-hydrogen) atoms. The largest absolute Gasteiger partial charge is 0.497 e. The molecule has 1 N–H and O–H groups in total. The number of carbonyl (C=O) groups excluding carboxylic acids is 2. The predicted octanol–water partition coefficient (Wildman–Crippen LogP) is 3.25. The van der Waals surface area contributed by atoms with Gasteiger partial charge in [0.2, 0.25) is 11.8 Å². The Morgan fingerprint density at radius 3 is 2.56 bits per heavy atom. The molecule has 0 aromatic heterocycles. The number of rotatable bonds is 8. The van der Waals surface area contributed by atoms with Crippen LogP contribution in [0.15, 0.2) is 24.3 Å². The summed E-state index contributed by atoms with van der Waals surface area (Å²) < 4.78 is 5.25. The van der Waals surface area contributed by atoms with Gasteiger partial charge < -0.3 is 15.0 Å². The van der Waals surface area contributed by atoms with Gasteiger partial charge in [-0.3, -0.25) is 14.5 Å². The van der Waals surface area contributed by atoms with E-state index in [9.17, 15) is 9.59 Å². The number of hydrogen-bond donors (Lipinski definition) is 1. The van der Waals surface area contributed by atoms with Crippen molar-refractivity contribution in [3.63, 3.8) is 0 Å². The number of benzene rings is 1. The van der Waals surface area contributed by atoms with Gasteiger partial charge in [-0.25, -0.2) is 0 Å². The molecule has 4 atom stereocenters. The van der Waals surface area contributed by atoms with E-state index in [4.69, 9.17) is 4.74 Å². The second-order valence-corrected chi connectivity index (χ2v) is 9.76. The Labute approximate surface area is 192 Å². The van der Waals surface area contributed by atoms with Crippen molar-refractivity contribution >= 4 is 11.8 Å². The number of likely N-dealkylation sites (tertiary alicyclic amines) is 1. The van der Waals surface area contributed by atoms with Gasteiger partial charge in [-0.15, -0.1) is 0 Å². The lowest BCUT2D eigenvalue weighted by molar-refractivity contribution is -0.146. The van der Waals surface area contributed by atoms with Crippen LogP contribution < -0.4 is 10.1 Å². The minimum atomic E-state index is 0.0963. The summed E-state index contributed by atoms with van der Waals surface area (Å²) in [6.07, 6.45) is 8.57. The van der Waals surface area contributed by atoms with E-state index in [1.165, 1.54) is 44.3 Å². The van der Waals surface area contributed by atoms with Gasteiger partial charge in [0, 0.05) is 38.5 Å². The van der Waals surface area contributed by atoms with E-state index in [1.54, 1.807) is 14.2 Å². The fraction of sp³-hybridized carbons (Fsp3) is 0.692. The zero-order valence-electron chi connectivity index (χ0n) is 19.7. The normalized spacial score (nSPS) is 27.5. The van der Waals surface area contributed by atoms with Gasteiger partial charge >= 0.3 is 0 Å². The third kappa shape index (κ3) is 5.11. The van der Waals surface area contributed by atoms with E-state index >= 15 is 0 Å². The second-order valence-electron chi connectivity index (χ2n) is 9.76. The molecule has 1 aromatic rings. The maximum atomic E-state index is 13.5. The zero-order chi connectivity index (χ0) is 22.5. The van der Waals surface area contributed by atoms with Crippen LogP contribution in [0.3, 0.4) is 0 Å². The third-order valence-corrected chi connectivity index (χ3v) is 7.96. The fourth-order valence-corrected chi connectivity index (χ4v) is 6.44. The number of nitrogens with zero attached hydrogens (tertiary/aromatic N) is 2. The molecule has 0 radical (unpaired) electrons. The molecule has 6 nitrogen and oxygen atoms in total. The highest BCUT2D eigenvalue weighted by atomic mass is 16.5. The molecule has 0 unspecified atom stereocenters. The Morgan fingerprint density at radius 1 is 1.09 bits per heavy atom. The monoisotopic (exact) mass is 441 g/mol. The highest BCUT2D eigenvalue weighted by molar-refractivity contribution is 5.77. The van der Waals surface area contributed by atoms with Crippen LogP contribution in [0.1, 0.15) is 56.9 Å². The average Bonchev–Trinajstić information content (AvgIpc) is 2.84. The lowest BCUT2D eigenvalue weighted by Gasteiger charge is -2.57. The van der Waals surface area contributed by atoms with Crippen molar-refractivity contribution in [1.29, 1.82) is 0 Å². The van der Waals surface area contributed by atoms with Crippen molar-refractivity contribution in [2.75, 3.05) is 33.8 Å². The van der Waals surface area contributed by atoms with E-state index in [-0.39, 0.29) is 17.9 Å². The van der Waals surface area contributed by atoms with Crippen molar-refractivity contribution in [3.8, 4) is 5.75 Å². The molecule has 4 rings (SSSR count). The van der Waals surface area contributed by atoms with Gasteiger partial charge in [-0.05, 0) is 87.6 Å². The molecule has 0 bridgehead atoms. The van der Waals surface area contributed by atoms with Crippen LogP contribution >= 0.6 is 0 Å². The lowest BCUT2D eigenvalue weighted by atomic mass is 9.69. The summed E-state index contributed by atoms with van der Waals surface area (Å²) >= 11 is 0. The topological polar surface area (TPSA) is 61.9 Å². The first-order valence-corrected chi connectivity index (χ1v) is 12.5. The zero-order valence-corrected chi connectivity index (χ0v) is 19.7. The highest BCUT2D eigenvalue weighted by Crippen LogP contribution is 2.43. The first-order valence-electron chi connectivity index (χ1n) is 12.5. The number of ether oxygens (including phenoxy) is 1. The van der Waals surface area contributed by atoms with E-state index in [0.29, 0.717) is 30.7 Å². The van der Waals surface area contributed by atoms with Crippen LogP contribution in [0.25, 0.3) is 0 Å². The third-order valence-electron chi connectivity index (χ3n) is 7.96. The molecule has 6 heteroatoms. The predicted molar refractivity (Wildman–Crippen MR) is 126 cm³/mol. The molecule has 0 aliphatic carbocycles. The van der Waals surface area contributed by atoms with E-state index < -0.39 is 0 Å². The lowest BCUT2D eigenvalue weighted by Crippen LogP contribution is -2.65. The van der Waals surface area contributed by atoms with Crippen LogP contribution in [-0.4, -0.2) is 67.5 Å². The van der Waals surface area contributed by atoms with Crippen LogP contribution in [0.2, 0.25) is 0 Å². The van der Waals surface area contributed by atoms with Crippen LogP contribution in [0.5, 0.6) is 5.75 Å². The second kappa shape index (κ2) is 10.7. The van der Waals surface area contributed by atoms with Crippen LogP contribution in [-0.2, 0) is 16.0 Å². The van der Waals surface area contributed by atoms with Crippen molar-refractivity contribution in [1.82, 2.24) is 15.1 Å². The molecule has 3 heterocycles. The van der Waals surface area contributed by atoms with Crippen molar-refractivity contribution in [2.45, 2.75) is 69.9 Å². The number of methoxy groups -OCH3 is 1. The number of piperidine rings is 3. The Morgan fingerprint density at radius 2 is 1.84 bits per heavy atom. The number of carbonyl (C=O) groups is 2. The van der Waals surface area contributed by atoms with Gasteiger partial charge in [-0.2, -0.15) is 0 Å². The minimum Gasteiger partial charge on any atom is -0.497 e. The smallest absolute Gasteiger partial charge is 0.223 e. The molecule has 0 saturated carbocycles. The van der Waals surface area contributed by atoms with Gasteiger partial charge in [0.25, 0.3) is 0 Å². The molecule has 2 amide bonds. The van der Waals surface area contributed by atoms with Gasteiger partial charge in [-0.1, -0.05) is 12.1 Å². The molecule has 176 valence electrons. The molecular weight excluding hydrogens is 402 g/mol. The average molecular weight is 442 g/mol. The van der Waals surface area contributed by atoms with E-state index in [1.807, 2.05) is 12.1 Å². The first-order chi connectivity index (χ1) is 15.6. The Balaban J connectivity index is 1.46. The van der Waals surface area contributed by atoms with Crippen LogP contribution in [0.4, 0.5) is 0 Å². The van der Waals surface area contributed by atoms with E-state index in [2.05, 4.69) is 27.2 Å². The summed E-state index contributed by atoms with van der Waals surface area (Å²) in [5.74, 6) is 2.38. The molecule has 3 aliphatic rings. The van der Waals surface area contributed by atoms with Gasteiger partial charge in [0.05, 0.1) is 7.11 Å². The van der Waals surface area contributed by atoms with Crippen molar-refractivity contribution < 1.29 is 14.3 Å². The fourth-order valence-electron chi connectivity index (χ4n) is 6.44. The van der Waals surface area contributed by atoms with E-state index in [0.717, 1.165) is 31.6 Å². The summed E-state index contributed by atoms with van der Waals surface area (Å²) in [6, 6.07) is 8.94. The molecule has 0 spiro atoms. The molecular formula is C26H39N3O3. The Hall–Kier alpha value is -2.08. The summed E-state index contributed by atoms with van der Waals surface area (Å²) in [4.78, 5) is 30.3. The molecule has 3 fully saturated rings. The Bertz CT molecular complexity index is 779. The van der Waals surface area contributed by atoms with Crippen molar-refractivity contribution in [2.24, 2.45) is 11.8 Å². The maximum Gasteiger partial charge on any atom is 0.223 e. The number of nitrogens with one attached hydrogen (secondary N) is 1. The SMILES string of the molecule is CNC(=O)CCC[C@@H]1[C@H]2CCCN3CCC[C@@H](CN1C(=O)CCc1ccc(OC)cc1)[C@@H]23. The van der Waals surface area contributed by atoms with Crippen LogP contribution in [0, 0.1) is 11.8 Å². The molecule has 3 saturated heterocycles. The number of amides is 2. The maximum absolute atomic E-state index is 13.5. The number of hydrogen-bond acceptors (Lipinski definition) is 4. The quantitative estimate of drug-likeness (QED) is 0.673. The van der Waals surface area contributed by atoms with Gasteiger partial charge in [0.15, 0.2) is 0 Å². The summed E-state index contributed by atoms with van der Waals surface area (Å²) in [5, 5.41) is 2.74. The highest BCUT2D eigenvalue weighted by Gasteiger charge is 2.49. The number of aryl methyl sites for hydroxylation is 1. The summed E-state index contributed by atoms with van der Waals surface area (Å²) in [6.45, 7) is 3.33. The molecule has 1 aromatic carbocycles. The van der Waals surface area contributed by atoms with Gasteiger partial charge in [0.1, 0.15) is 5.75 Å². The standard InChI is InChI=1S/C26H39N3O3/c1-27-24(30)9-3-8-23-22-7-5-17-28-16-4-6-20(26(22)28)18-29(23)25(31)15-12-19-10-13-21(32-2)14-11-19/h10-11,13-14,20,22-23,26H,3-9,12,15-18H2,1-2H3,(H,27,30)/t20-,22+,23+,26-/m0/s1. The molecule has 3 aliphatic heterocycles. The first kappa shape index (κ1) is 23.1. The summed E-state index contributed by atoms with van der Waals surface area (Å²) in [5.41, 5.74) is 1.17. The Kier molecular flexibility index (Phi) is 7.71. The summed E-state index contributed by atoms with van der Waals surface area (Å²) in [7, 11) is 3.37. The van der Waals surface area contributed by atoms with Crippen molar-refractivity contribution in [3.05, 3.63) is 29.8 Å².